The molecular formula is C21H27N3O6. The van der Waals surface area contributed by atoms with E-state index < -0.39 is 23.8 Å². The largest absolute Gasteiger partial charge is 0.493 e. The number of hydrogen-bond acceptors (Lipinski definition) is 6. The zero-order chi connectivity index (χ0) is 22.3. The smallest absolute Gasteiger partial charge is 0.287 e. The molecule has 0 aliphatic rings. The van der Waals surface area contributed by atoms with E-state index in [9.17, 15) is 14.4 Å². The minimum atomic E-state index is -0.876. The molecular weight excluding hydrogens is 390 g/mol. The molecule has 0 saturated carbocycles. The van der Waals surface area contributed by atoms with Crippen LogP contribution in [-0.4, -0.2) is 37.0 Å². The van der Waals surface area contributed by atoms with Crippen molar-refractivity contribution in [2.75, 3.05) is 7.11 Å². The lowest BCUT2D eigenvalue weighted by Crippen LogP contribution is -2.54. The monoisotopic (exact) mass is 417 g/mol. The van der Waals surface area contributed by atoms with Crippen LogP contribution < -0.4 is 25.6 Å². The first kappa shape index (κ1) is 22.8. The quantitative estimate of drug-likeness (QED) is 0.567. The van der Waals surface area contributed by atoms with E-state index in [0.29, 0.717) is 11.5 Å². The number of benzene rings is 1. The Morgan fingerprint density at radius 3 is 2.27 bits per heavy atom. The van der Waals surface area contributed by atoms with Gasteiger partial charge in [0.05, 0.1) is 19.5 Å². The fourth-order valence-corrected chi connectivity index (χ4v) is 2.58. The van der Waals surface area contributed by atoms with Gasteiger partial charge in [-0.1, -0.05) is 13.8 Å². The van der Waals surface area contributed by atoms with Gasteiger partial charge in [0.1, 0.15) is 6.04 Å². The van der Waals surface area contributed by atoms with Crippen molar-refractivity contribution >= 4 is 17.7 Å². The molecule has 9 nitrogen and oxygen atoms in total. The van der Waals surface area contributed by atoms with Crippen LogP contribution in [0.4, 0.5) is 0 Å². The lowest BCUT2D eigenvalue weighted by Gasteiger charge is -2.21. The second kappa shape index (κ2) is 10.3. The molecule has 0 aliphatic heterocycles. The zero-order valence-corrected chi connectivity index (χ0v) is 17.6. The van der Waals surface area contributed by atoms with E-state index in [4.69, 9.17) is 13.9 Å². The van der Waals surface area contributed by atoms with Crippen LogP contribution in [0.25, 0.3) is 0 Å². The highest BCUT2D eigenvalue weighted by atomic mass is 16.5. The van der Waals surface area contributed by atoms with Gasteiger partial charge in [-0.25, -0.2) is 0 Å². The van der Waals surface area contributed by atoms with Crippen LogP contribution >= 0.6 is 0 Å². The van der Waals surface area contributed by atoms with Crippen molar-refractivity contribution in [3.8, 4) is 11.5 Å². The van der Waals surface area contributed by atoms with Gasteiger partial charge in [-0.05, 0) is 50.1 Å². The Kier molecular flexibility index (Phi) is 7.85. The number of hydrogen-bond donors (Lipinski definition) is 3. The minimum absolute atomic E-state index is 0.0535. The summed E-state index contributed by atoms with van der Waals surface area (Å²) in [6, 6.07) is 6.88. The number of amides is 3. The van der Waals surface area contributed by atoms with Gasteiger partial charge < -0.3 is 19.2 Å². The summed E-state index contributed by atoms with van der Waals surface area (Å²) in [4.78, 5) is 37.1. The van der Waals surface area contributed by atoms with E-state index in [1.807, 2.05) is 13.8 Å². The minimum Gasteiger partial charge on any atom is -0.493 e. The Morgan fingerprint density at radius 2 is 1.70 bits per heavy atom. The highest BCUT2D eigenvalue weighted by Gasteiger charge is 2.26. The van der Waals surface area contributed by atoms with Gasteiger partial charge in [-0.2, -0.15) is 0 Å². The number of carbonyl (C=O) groups is 3. The average Bonchev–Trinajstić information content (AvgIpc) is 3.24. The summed E-state index contributed by atoms with van der Waals surface area (Å²) in [6.45, 7) is 7.30. The van der Waals surface area contributed by atoms with Gasteiger partial charge in [0.2, 0.25) is 0 Å². The molecule has 3 N–H and O–H groups in total. The van der Waals surface area contributed by atoms with E-state index >= 15 is 0 Å². The summed E-state index contributed by atoms with van der Waals surface area (Å²) in [5, 5.41) is 2.59. The summed E-state index contributed by atoms with van der Waals surface area (Å²) in [5.41, 5.74) is 4.95. The SMILES string of the molecule is COc1cc(C(=O)NNC(=O)[C@@H](NC(=O)c2ccco2)C(C)C)ccc1OC(C)C. The van der Waals surface area contributed by atoms with Crippen LogP contribution in [0.3, 0.4) is 0 Å². The molecule has 1 aromatic heterocycles. The van der Waals surface area contributed by atoms with Gasteiger partial charge in [-0.3, -0.25) is 25.2 Å². The lowest BCUT2D eigenvalue weighted by atomic mass is 10.0. The van der Waals surface area contributed by atoms with Crippen molar-refractivity contribution in [2.45, 2.75) is 39.8 Å². The molecule has 9 heteroatoms. The van der Waals surface area contributed by atoms with Gasteiger partial charge >= 0.3 is 0 Å². The maximum atomic E-state index is 12.5. The standard InChI is InChI=1S/C21H27N3O6/c1-12(2)18(22-20(26)16-7-6-10-29-16)21(27)24-23-19(25)14-8-9-15(30-13(3)4)17(11-14)28-5/h6-13,18H,1-5H3,(H,22,26)(H,23,25)(H,24,27)/t18-/m0/s1. The van der Waals surface area contributed by atoms with E-state index in [1.165, 1.54) is 25.5 Å². The normalized spacial score (nSPS) is 11.7. The maximum Gasteiger partial charge on any atom is 0.287 e. The molecule has 0 radical (unpaired) electrons. The third kappa shape index (κ3) is 6.00. The molecule has 162 valence electrons. The van der Waals surface area contributed by atoms with Gasteiger partial charge in [-0.15, -0.1) is 0 Å². The number of furan rings is 1. The van der Waals surface area contributed by atoms with E-state index in [1.54, 1.807) is 32.0 Å². The summed E-state index contributed by atoms with van der Waals surface area (Å²) in [6.07, 6.45) is 1.31. The van der Waals surface area contributed by atoms with Crippen molar-refractivity contribution in [3.63, 3.8) is 0 Å². The highest BCUT2D eigenvalue weighted by Crippen LogP contribution is 2.28. The molecule has 0 spiro atoms. The maximum absolute atomic E-state index is 12.5. The Hall–Kier alpha value is -3.49. The van der Waals surface area contributed by atoms with Gasteiger partial charge in [0, 0.05) is 5.56 Å². The average molecular weight is 417 g/mol. The third-order valence-corrected chi connectivity index (χ3v) is 4.07. The van der Waals surface area contributed by atoms with Crippen molar-refractivity contribution in [1.29, 1.82) is 0 Å². The van der Waals surface area contributed by atoms with Gasteiger partial charge in [0.15, 0.2) is 17.3 Å². The number of nitrogens with one attached hydrogen (secondary N) is 3. The zero-order valence-electron chi connectivity index (χ0n) is 17.6. The molecule has 2 aromatic rings. The van der Waals surface area contributed by atoms with Gasteiger partial charge in [0.25, 0.3) is 17.7 Å². The molecule has 30 heavy (non-hydrogen) atoms. The second-order valence-electron chi connectivity index (χ2n) is 7.15. The first-order chi connectivity index (χ1) is 14.2. The number of ether oxygens (including phenoxy) is 2. The predicted molar refractivity (Wildman–Crippen MR) is 109 cm³/mol. The Bertz CT molecular complexity index is 877. The molecule has 0 fully saturated rings. The third-order valence-electron chi connectivity index (χ3n) is 4.07. The lowest BCUT2D eigenvalue weighted by molar-refractivity contribution is -0.124. The fourth-order valence-electron chi connectivity index (χ4n) is 2.58. The van der Waals surface area contributed by atoms with Crippen LogP contribution in [0, 0.1) is 5.92 Å². The van der Waals surface area contributed by atoms with E-state index in [2.05, 4.69) is 16.2 Å². The first-order valence-electron chi connectivity index (χ1n) is 9.52. The molecule has 1 heterocycles. The van der Waals surface area contributed by atoms with Crippen LogP contribution in [-0.2, 0) is 4.79 Å². The van der Waals surface area contributed by atoms with Crippen molar-refractivity contribution in [2.24, 2.45) is 5.92 Å². The highest BCUT2D eigenvalue weighted by molar-refractivity contribution is 5.98. The van der Waals surface area contributed by atoms with Crippen molar-refractivity contribution in [1.82, 2.24) is 16.2 Å². The Labute approximate surface area is 175 Å². The predicted octanol–water partition coefficient (Wildman–Crippen LogP) is 2.29. The number of hydrazine groups is 1. The molecule has 2 rings (SSSR count). The van der Waals surface area contributed by atoms with E-state index in [-0.39, 0.29) is 23.3 Å². The molecule has 3 amide bonds. The van der Waals surface area contributed by atoms with Crippen LogP contribution in [0.1, 0.15) is 48.6 Å². The van der Waals surface area contributed by atoms with Crippen molar-refractivity contribution < 1.29 is 28.3 Å². The van der Waals surface area contributed by atoms with Crippen LogP contribution in [0.5, 0.6) is 11.5 Å². The number of rotatable bonds is 8. The summed E-state index contributed by atoms with van der Waals surface area (Å²) in [7, 11) is 1.47. The molecule has 0 saturated heterocycles. The molecule has 0 aliphatic carbocycles. The molecule has 1 atom stereocenters. The molecule has 1 aromatic carbocycles. The van der Waals surface area contributed by atoms with E-state index in [0.717, 1.165) is 0 Å². The molecule has 0 bridgehead atoms. The van der Waals surface area contributed by atoms with Crippen LogP contribution in [0.2, 0.25) is 0 Å². The Balaban J connectivity index is 2.01. The Morgan fingerprint density at radius 1 is 0.967 bits per heavy atom. The molecule has 0 unspecified atom stereocenters. The van der Waals surface area contributed by atoms with Crippen molar-refractivity contribution in [3.05, 3.63) is 47.9 Å². The second-order valence-corrected chi connectivity index (χ2v) is 7.15. The summed E-state index contributed by atoms with van der Waals surface area (Å²) in [5.74, 6) is -0.864. The number of carbonyl (C=O) groups excluding carboxylic acids is 3. The summed E-state index contributed by atoms with van der Waals surface area (Å²) >= 11 is 0. The number of methoxy groups -OCH3 is 1. The first-order valence-corrected chi connectivity index (χ1v) is 9.52. The summed E-state index contributed by atoms with van der Waals surface area (Å²) < 4.78 is 15.9. The van der Waals surface area contributed by atoms with Crippen LogP contribution in [0.15, 0.2) is 41.0 Å². The fraction of sp³-hybridized carbons (Fsp3) is 0.381. The topological polar surface area (TPSA) is 119 Å².